The predicted molar refractivity (Wildman–Crippen MR) is 94.5 cm³/mol. The maximum atomic E-state index is 4.46. The van der Waals surface area contributed by atoms with Crippen molar-refractivity contribution in [2.24, 2.45) is 4.99 Å². The van der Waals surface area contributed by atoms with E-state index >= 15 is 0 Å². The molecule has 1 aliphatic rings. The lowest BCUT2D eigenvalue weighted by Crippen LogP contribution is -2.19. The van der Waals surface area contributed by atoms with Gasteiger partial charge in [0.25, 0.3) is 0 Å². The number of nitrogens with one attached hydrogen (secondary N) is 1. The number of hydrogen-bond donors (Lipinski definition) is 1. The fourth-order valence-corrected chi connectivity index (χ4v) is 2.85. The normalized spacial score (nSPS) is 13.8. The van der Waals surface area contributed by atoms with E-state index in [1.54, 1.807) is 0 Å². The van der Waals surface area contributed by atoms with E-state index < -0.39 is 0 Å². The summed E-state index contributed by atoms with van der Waals surface area (Å²) in [6.45, 7) is 4.09. The van der Waals surface area contributed by atoms with Crippen molar-refractivity contribution in [2.45, 2.75) is 32.6 Å². The Morgan fingerprint density at radius 2 is 1.50 bits per heavy atom. The van der Waals surface area contributed by atoms with Crippen molar-refractivity contribution in [1.82, 2.24) is 5.32 Å². The second-order valence-electron chi connectivity index (χ2n) is 5.89. The molecular weight excluding hydrogens is 268 g/mol. The summed E-state index contributed by atoms with van der Waals surface area (Å²) in [5.41, 5.74) is 5.17. The van der Waals surface area contributed by atoms with Gasteiger partial charge in [0.05, 0.1) is 6.54 Å². The molecule has 0 aliphatic carbocycles. The Morgan fingerprint density at radius 3 is 2.09 bits per heavy atom. The molecule has 0 aromatic heterocycles. The third kappa shape index (κ3) is 3.56. The Morgan fingerprint density at radius 1 is 0.864 bits per heavy atom. The average molecular weight is 292 g/mol. The molecule has 22 heavy (non-hydrogen) atoms. The zero-order chi connectivity index (χ0) is 15.2. The molecule has 0 spiro atoms. The van der Waals surface area contributed by atoms with Crippen molar-refractivity contribution in [2.75, 3.05) is 13.1 Å². The van der Waals surface area contributed by atoms with E-state index in [4.69, 9.17) is 0 Å². The van der Waals surface area contributed by atoms with Gasteiger partial charge in [-0.2, -0.15) is 0 Å². The molecule has 2 heteroatoms. The second-order valence-corrected chi connectivity index (χ2v) is 5.89. The van der Waals surface area contributed by atoms with Gasteiger partial charge in [-0.1, -0.05) is 68.3 Å². The molecule has 1 heterocycles. The van der Waals surface area contributed by atoms with Gasteiger partial charge < -0.3 is 5.32 Å². The zero-order valence-corrected chi connectivity index (χ0v) is 13.3. The highest BCUT2D eigenvalue weighted by molar-refractivity contribution is 6.00. The summed E-state index contributed by atoms with van der Waals surface area (Å²) < 4.78 is 0. The van der Waals surface area contributed by atoms with E-state index in [1.807, 2.05) is 0 Å². The fourth-order valence-electron chi connectivity index (χ4n) is 2.85. The average Bonchev–Trinajstić information content (AvgIpc) is 3.11. The number of benzene rings is 2. The predicted octanol–water partition coefficient (Wildman–Crippen LogP) is 4.44. The second kappa shape index (κ2) is 7.26. The molecule has 2 aromatic rings. The molecule has 0 saturated heterocycles. The molecule has 0 fully saturated rings. The summed E-state index contributed by atoms with van der Waals surface area (Å²) in [5, 5.41) is 3.31. The van der Waals surface area contributed by atoms with Crippen molar-refractivity contribution < 1.29 is 0 Å². The quantitative estimate of drug-likeness (QED) is 0.782. The van der Waals surface area contributed by atoms with Crippen LogP contribution in [0.5, 0.6) is 0 Å². The van der Waals surface area contributed by atoms with Crippen molar-refractivity contribution in [3.63, 3.8) is 0 Å². The van der Waals surface area contributed by atoms with Crippen molar-refractivity contribution in [3.8, 4) is 11.1 Å². The zero-order valence-electron chi connectivity index (χ0n) is 13.3. The highest BCUT2D eigenvalue weighted by Crippen LogP contribution is 2.21. The molecule has 0 atom stereocenters. The lowest BCUT2D eigenvalue weighted by Gasteiger charge is -2.07. The first-order valence-electron chi connectivity index (χ1n) is 8.35. The molecule has 0 radical (unpaired) electrons. The van der Waals surface area contributed by atoms with E-state index in [-0.39, 0.29) is 0 Å². The monoisotopic (exact) mass is 292 g/mol. The van der Waals surface area contributed by atoms with Gasteiger partial charge >= 0.3 is 0 Å². The fraction of sp³-hybridized carbons (Fsp3) is 0.350. The number of aryl methyl sites for hydroxylation is 1. The molecule has 0 saturated carbocycles. The first kappa shape index (κ1) is 14.8. The van der Waals surface area contributed by atoms with Crippen LogP contribution in [0.1, 0.15) is 37.3 Å². The standard InChI is InChI=1S/C20H24N2/c1-2-3-4-5-16-6-8-17(9-7-16)18-10-12-19(13-11-18)20-21-14-15-22-20/h6-13H,2-5,14-15H2,1H3,(H,21,22). The molecule has 2 nitrogen and oxygen atoms in total. The van der Waals surface area contributed by atoms with Gasteiger partial charge in [0.1, 0.15) is 5.84 Å². The first-order valence-corrected chi connectivity index (χ1v) is 8.35. The highest BCUT2D eigenvalue weighted by atomic mass is 15.1. The van der Waals surface area contributed by atoms with Crippen LogP contribution < -0.4 is 5.32 Å². The Labute approximate surface area is 133 Å². The van der Waals surface area contributed by atoms with Gasteiger partial charge in [-0.15, -0.1) is 0 Å². The molecule has 0 bridgehead atoms. The number of unbranched alkanes of at least 4 members (excludes halogenated alkanes) is 2. The third-order valence-electron chi connectivity index (χ3n) is 4.19. The van der Waals surface area contributed by atoms with Gasteiger partial charge in [0.15, 0.2) is 0 Å². The minimum atomic E-state index is 0.885. The van der Waals surface area contributed by atoms with E-state index in [9.17, 15) is 0 Å². The minimum Gasteiger partial charge on any atom is -0.368 e. The van der Waals surface area contributed by atoms with Gasteiger partial charge in [-0.25, -0.2) is 0 Å². The summed E-state index contributed by atoms with van der Waals surface area (Å²) in [6, 6.07) is 17.7. The largest absolute Gasteiger partial charge is 0.368 e. The number of rotatable bonds is 6. The van der Waals surface area contributed by atoms with E-state index in [0.29, 0.717) is 0 Å². The first-order chi connectivity index (χ1) is 10.9. The van der Waals surface area contributed by atoms with Crippen LogP contribution in [-0.4, -0.2) is 18.9 Å². The third-order valence-corrected chi connectivity index (χ3v) is 4.19. The smallest absolute Gasteiger partial charge is 0.128 e. The van der Waals surface area contributed by atoms with E-state index in [1.165, 1.54) is 47.9 Å². The molecule has 1 aliphatic heterocycles. The van der Waals surface area contributed by atoms with Crippen LogP contribution in [0, 0.1) is 0 Å². The summed E-state index contributed by atoms with van der Waals surface area (Å²) in [5.74, 6) is 1.03. The van der Waals surface area contributed by atoms with Crippen LogP contribution in [0.2, 0.25) is 0 Å². The maximum Gasteiger partial charge on any atom is 0.128 e. The van der Waals surface area contributed by atoms with Crippen LogP contribution in [0.3, 0.4) is 0 Å². The van der Waals surface area contributed by atoms with Crippen LogP contribution in [-0.2, 0) is 6.42 Å². The molecule has 3 rings (SSSR count). The highest BCUT2D eigenvalue weighted by Gasteiger charge is 2.07. The SMILES string of the molecule is CCCCCc1ccc(-c2ccc(C3=NCCN3)cc2)cc1. The molecular formula is C20H24N2. The van der Waals surface area contributed by atoms with E-state index in [0.717, 1.165) is 18.9 Å². The van der Waals surface area contributed by atoms with Crippen LogP contribution >= 0.6 is 0 Å². The minimum absolute atomic E-state index is 0.885. The summed E-state index contributed by atoms with van der Waals surface area (Å²) >= 11 is 0. The lowest BCUT2D eigenvalue weighted by molar-refractivity contribution is 0.717. The lowest BCUT2D eigenvalue weighted by atomic mass is 10.0. The van der Waals surface area contributed by atoms with Crippen molar-refractivity contribution >= 4 is 5.84 Å². The van der Waals surface area contributed by atoms with Gasteiger partial charge in [-0.3, -0.25) is 4.99 Å². The van der Waals surface area contributed by atoms with Crippen LogP contribution in [0.15, 0.2) is 53.5 Å². The number of hydrogen-bond acceptors (Lipinski definition) is 2. The Hall–Kier alpha value is -2.09. The van der Waals surface area contributed by atoms with Gasteiger partial charge in [-0.05, 0) is 29.5 Å². The summed E-state index contributed by atoms with van der Waals surface area (Å²) in [7, 11) is 0. The molecule has 114 valence electrons. The molecule has 1 N–H and O–H groups in total. The summed E-state index contributed by atoms with van der Waals surface area (Å²) in [4.78, 5) is 4.46. The Balaban J connectivity index is 1.68. The van der Waals surface area contributed by atoms with Gasteiger partial charge in [0.2, 0.25) is 0 Å². The molecule has 0 amide bonds. The van der Waals surface area contributed by atoms with E-state index in [2.05, 4.69) is 65.8 Å². The Kier molecular flexibility index (Phi) is 4.89. The number of amidine groups is 1. The van der Waals surface area contributed by atoms with Crippen molar-refractivity contribution in [3.05, 3.63) is 59.7 Å². The molecule has 0 unspecified atom stereocenters. The van der Waals surface area contributed by atoms with Gasteiger partial charge in [0, 0.05) is 12.1 Å². The van der Waals surface area contributed by atoms with Crippen LogP contribution in [0.4, 0.5) is 0 Å². The van der Waals surface area contributed by atoms with Crippen LogP contribution in [0.25, 0.3) is 11.1 Å². The topological polar surface area (TPSA) is 24.4 Å². The summed E-state index contributed by atoms with van der Waals surface area (Å²) in [6.07, 6.45) is 5.09. The maximum absolute atomic E-state index is 4.46. The number of nitrogens with zero attached hydrogens (tertiary/aromatic N) is 1. The Bertz CT molecular complexity index is 624. The van der Waals surface area contributed by atoms with Crippen molar-refractivity contribution in [1.29, 1.82) is 0 Å². The molecule has 2 aromatic carbocycles. The number of aliphatic imine (C=N–C) groups is 1.